The molecule has 138 valence electrons. The van der Waals surface area contributed by atoms with Crippen molar-refractivity contribution in [2.24, 2.45) is 0 Å². The molecular weight excluding hydrogens is 351 g/mol. The Balaban J connectivity index is 1.90. The van der Waals surface area contributed by atoms with Gasteiger partial charge in [-0.05, 0) is 29.7 Å². The number of carbonyl (C=O) groups is 1. The molecule has 1 N–H and O–H groups in total. The number of alkyl halides is 3. The summed E-state index contributed by atoms with van der Waals surface area (Å²) in [6, 6.07) is 23.1. The molecule has 0 fully saturated rings. The zero-order valence-corrected chi connectivity index (χ0v) is 14.4. The van der Waals surface area contributed by atoms with Crippen LogP contribution in [0.4, 0.5) is 13.2 Å². The first-order chi connectivity index (χ1) is 12.9. The molecule has 27 heavy (non-hydrogen) atoms. The van der Waals surface area contributed by atoms with Crippen LogP contribution in [0.25, 0.3) is 0 Å². The third-order valence-corrected chi connectivity index (χ3v) is 4.27. The number of halogens is 3. The minimum absolute atomic E-state index is 0.376. The van der Waals surface area contributed by atoms with Crippen LogP contribution < -0.4 is 5.32 Å². The number of benzene rings is 3. The first kappa shape index (κ1) is 18.7. The van der Waals surface area contributed by atoms with Gasteiger partial charge in [0.05, 0.1) is 17.2 Å². The lowest BCUT2D eigenvalue weighted by Crippen LogP contribution is -2.31. The summed E-state index contributed by atoms with van der Waals surface area (Å²) in [5.74, 6) is -0.743. The van der Waals surface area contributed by atoms with Gasteiger partial charge in [-0.3, -0.25) is 4.79 Å². The summed E-state index contributed by atoms with van der Waals surface area (Å²) >= 11 is 0. The predicted molar refractivity (Wildman–Crippen MR) is 98.2 cm³/mol. The quantitative estimate of drug-likeness (QED) is 0.639. The molecule has 0 radical (unpaired) electrons. The van der Waals surface area contributed by atoms with E-state index >= 15 is 0 Å². The molecule has 3 rings (SSSR count). The molecular formula is C22H18F3NO. The van der Waals surface area contributed by atoms with Crippen molar-refractivity contribution in [1.29, 1.82) is 0 Å². The van der Waals surface area contributed by atoms with Crippen LogP contribution in [0.5, 0.6) is 0 Å². The number of hydrogen-bond donors (Lipinski definition) is 1. The van der Waals surface area contributed by atoms with Crippen molar-refractivity contribution < 1.29 is 18.0 Å². The van der Waals surface area contributed by atoms with Crippen molar-refractivity contribution in [3.63, 3.8) is 0 Å². The van der Waals surface area contributed by atoms with Crippen LogP contribution in [0.15, 0.2) is 84.9 Å². The number of rotatable bonds is 5. The second-order valence-corrected chi connectivity index (χ2v) is 6.17. The molecule has 1 unspecified atom stereocenters. The highest BCUT2D eigenvalue weighted by Gasteiger charge is 2.35. The molecule has 1 atom stereocenters. The summed E-state index contributed by atoms with van der Waals surface area (Å²) in [7, 11) is 0. The molecule has 0 spiro atoms. The van der Waals surface area contributed by atoms with Gasteiger partial charge in [-0.15, -0.1) is 0 Å². The lowest BCUT2D eigenvalue weighted by molar-refractivity contribution is -0.137. The maximum atomic E-state index is 13.2. The number of amides is 1. The standard InChI is InChI=1S/C22H18F3NO/c23-22(24,25)19-14-8-7-13-18(19)21(27)26-20(17-11-5-2-6-12-17)15-16-9-3-1-4-10-16/h1-14,20H,15H2,(H,26,27). The Kier molecular flexibility index (Phi) is 5.60. The molecule has 1 amide bonds. The second-order valence-electron chi connectivity index (χ2n) is 6.17. The smallest absolute Gasteiger partial charge is 0.345 e. The van der Waals surface area contributed by atoms with E-state index < -0.39 is 23.7 Å². The van der Waals surface area contributed by atoms with Gasteiger partial charge in [0.2, 0.25) is 0 Å². The second kappa shape index (κ2) is 8.08. The van der Waals surface area contributed by atoms with E-state index in [1.165, 1.54) is 18.2 Å². The van der Waals surface area contributed by atoms with Crippen LogP contribution in [0, 0.1) is 0 Å². The Labute approximate surface area is 155 Å². The van der Waals surface area contributed by atoms with Gasteiger partial charge in [-0.2, -0.15) is 13.2 Å². The van der Waals surface area contributed by atoms with Gasteiger partial charge in [0.25, 0.3) is 5.91 Å². The molecule has 2 nitrogen and oxygen atoms in total. The molecule has 0 aliphatic carbocycles. The summed E-state index contributed by atoms with van der Waals surface area (Å²) in [4.78, 5) is 12.7. The summed E-state index contributed by atoms with van der Waals surface area (Å²) < 4.78 is 39.7. The first-order valence-corrected chi connectivity index (χ1v) is 8.51. The number of hydrogen-bond acceptors (Lipinski definition) is 1. The summed E-state index contributed by atoms with van der Waals surface area (Å²) in [6.45, 7) is 0. The maximum Gasteiger partial charge on any atom is 0.417 e. The summed E-state index contributed by atoms with van der Waals surface area (Å²) in [5.41, 5.74) is 0.503. The average molecular weight is 369 g/mol. The zero-order valence-electron chi connectivity index (χ0n) is 14.4. The molecule has 0 saturated carbocycles. The molecule has 3 aromatic carbocycles. The van der Waals surface area contributed by atoms with Crippen molar-refractivity contribution in [2.45, 2.75) is 18.6 Å². The third kappa shape index (κ3) is 4.76. The van der Waals surface area contributed by atoms with Crippen LogP contribution >= 0.6 is 0 Å². The first-order valence-electron chi connectivity index (χ1n) is 8.51. The Bertz CT molecular complexity index is 892. The van der Waals surface area contributed by atoms with Crippen molar-refractivity contribution in [3.8, 4) is 0 Å². The van der Waals surface area contributed by atoms with Gasteiger partial charge in [0, 0.05) is 0 Å². The van der Waals surface area contributed by atoms with E-state index in [-0.39, 0.29) is 5.56 Å². The van der Waals surface area contributed by atoms with Crippen LogP contribution in [0.3, 0.4) is 0 Å². The largest absolute Gasteiger partial charge is 0.417 e. The fraction of sp³-hybridized carbons (Fsp3) is 0.136. The highest BCUT2D eigenvalue weighted by atomic mass is 19.4. The fourth-order valence-electron chi connectivity index (χ4n) is 2.95. The van der Waals surface area contributed by atoms with Crippen LogP contribution in [0.2, 0.25) is 0 Å². The molecule has 0 aliphatic rings. The minimum atomic E-state index is -4.59. The Morgan fingerprint density at radius 3 is 2.00 bits per heavy atom. The molecule has 0 bridgehead atoms. The Hall–Kier alpha value is -3.08. The lowest BCUT2D eigenvalue weighted by atomic mass is 9.98. The van der Waals surface area contributed by atoms with Crippen molar-refractivity contribution in [1.82, 2.24) is 5.32 Å². The highest BCUT2D eigenvalue weighted by molar-refractivity contribution is 5.96. The van der Waals surface area contributed by atoms with Gasteiger partial charge in [0.1, 0.15) is 0 Å². The molecule has 3 aromatic rings. The van der Waals surface area contributed by atoms with E-state index in [1.54, 1.807) is 0 Å². The van der Waals surface area contributed by atoms with Crippen LogP contribution in [-0.4, -0.2) is 5.91 Å². The van der Waals surface area contributed by atoms with E-state index in [4.69, 9.17) is 0 Å². The SMILES string of the molecule is O=C(NC(Cc1ccccc1)c1ccccc1)c1ccccc1C(F)(F)F. The van der Waals surface area contributed by atoms with Crippen molar-refractivity contribution in [3.05, 3.63) is 107 Å². The van der Waals surface area contributed by atoms with Gasteiger partial charge < -0.3 is 5.32 Å². The summed E-state index contributed by atoms with van der Waals surface area (Å²) in [6.07, 6.45) is -4.11. The molecule has 0 aliphatic heterocycles. The topological polar surface area (TPSA) is 29.1 Å². The average Bonchev–Trinajstić information content (AvgIpc) is 2.68. The zero-order chi connectivity index (χ0) is 19.3. The predicted octanol–water partition coefficient (Wildman–Crippen LogP) is 5.42. The summed E-state index contributed by atoms with van der Waals surface area (Å²) in [5, 5.41) is 2.77. The van der Waals surface area contributed by atoms with Crippen molar-refractivity contribution in [2.75, 3.05) is 0 Å². The minimum Gasteiger partial charge on any atom is -0.345 e. The van der Waals surface area contributed by atoms with E-state index in [0.717, 1.165) is 17.2 Å². The van der Waals surface area contributed by atoms with E-state index in [9.17, 15) is 18.0 Å². The fourth-order valence-corrected chi connectivity index (χ4v) is 2.95. The van der Waals surface area contributed by atoms with E-state index in [1.807, 2.05) is 60.7 Å². The number of carbonyl (C=O) groups excluding carboxylic acids is 1. The lowest BCUT2D eigenvalue weighted by Gasteiger charge is -2.21. The Morgan fingerprint density at radius 1 is 0.815 bits per heavy atom. The van der Waals surface area contributed by atoms with Crippen molar-refractivity contribution >= 4 is 5.91 Å². The van der Waals surface area contributed by atoms with E-state index in [0.29, 0.717) is 6.42 Å². The highest BCUT2D eigenvalue weighted by Crippen LogP contribution is 2.32. The van der Waals surface area contributed by atoms with Gasteiger partial charge in [-0.25, -0.2) is 0 Å². The molecule has 0 heterocycles. The Morgan fingerprint density at radius 2 is 1.37 bits per heavy atom. The third-order valence-electron chi connectivity index (χ3n) is 4.27. The van der Waals surface area contributed by atoms with E-state index in [2.05, 4.69) is 5.32 Å². The van der Waals surface area contributed by atoms with Crippen LogP contribution in [0.1, 0.15) is 33.1 Å². The van der Waals surface area contributed by atoms with Gasteiger partial charge in [0.15, 0.2) is 0 Å². The molecule has 0 saturated heterocycles. The van der Waals surface area contributed by atoms with Crippen LogP contribution in [-0.2, 0) is 12.6 Å². The number of nitrogens with one attached hydrogen (secondary N) is 1. The molecule has 5 heteroatoms. The monoisotopic (exact) mass is 369 g/mol. The normalized spacial score (nSPS) is 12.4. The molecule has 0 aromatic heterocycles. The van der Waals surface area contributed by atoms with Gasteiger partial charge in [-0.1, -0.05) is 72.8 Å². The maximum absolute atomic E-state index is 13.2. The van der Waals surface area contributed by atoms with Gasteiger partial charge >= 0.3 is 6.18 Å².